The molecule has 0 spiro atoms. The van der Waals surface area contributed by atoms with Crippen molar-refractivity contribution in [3.63, 3.8) is 0 Å². The third-order valence-electron chi connectivity index (χ3n) is 5.98. The second kappa shape index (κ2) is 11.5. The minimum Gasteiger partial charge on any atom is -0.383 e. The zero-order chi connectivity index (χ0) is 27.2. The number of nitrogens with one attached hydrogen (secondary N) is 2. The molecule has 1 amide bonds. The number of nitrogen functional groups attached to an aromatic ring is 1. The predicted octanol–water partition coefficient (Wildman–Crippen LogP) is 4.62. The molecule has 1 unspecified atom stereocenters. The number of anilines is 2. The van der Waals surface area contributed by atoms with Gasteiger partial charge in [-0.3, -0.25) is 14.7 Å². The van der Waals surface area contributed by atoms with Crippen LogP contribution in [0.25, 0.3) is 16.8 Å². The van der Waals surface area contributed by atoms with Crippen LogP contribution < -0.4 is 16.6 Å². The molecular weight excluding hydrogens is 498 g/mol. The van der Waals surface area contributed by atoms with Gasteiger partial charge in [0.15, 0.2) is 0 Å². The van der Waals surface area contributed by atoms with Crippen LogP contribution >= 0.6 is 11.8 Å². The summed E-state index contributed by atoms with van der Waals surface area (Å²) in [6, 6.07) is 22.1. The lowest BCUT2D eigenvalue weighted by Crippen LogP contribution is -2.25. The van der Waals surface area contributed by atoms with Crippen molar-refractivity contribution in [3.05, 3.63) is 87.7 Å². The maximum atomic E-state index is 13.2. The number of nitrogens with zero attached hydrogens (tertiary/aromatic N) is 4. The number of H-pyrrole nitrogens is 1. The first kappa shape index (κ1) is 26.3. The first-order valence-electron chi connectivity index (χ1n) is 12.0. The van der Waals surface area contributed by atoms with Crippen LogP contribution in [-0.2, 0) is 11.2 Å². The minimum atomic E-state index is -0.652. The molecule has 10 heteroatoms. The number of hydrogen-bond acceptors (Lipinski definition) is 7. The molecule has 0 aliphatic rings. The minimum absolute atomic E-state index is 0.0110. The van der Waals surface area contributed by atoms with Gasteiger partial charge in [-0.1, -0.05) is 68.1 Å². The largest absolute Gasteiger partial charge is 0.383 e. The molecule has 2 aromatic carbocycles. The van der Waals surface area contributed by atoms with Crippen molar-refractivity contribution in [2.24, 2.45) is 0 Å². The SMILES string of the molecule is CCc1ccc(-c2c(C#N)c(N)nc(SC(CC)C(=O)Nc3cc(=O)n(-c4ccccc4)[nH]3)c2C#N)cc1. The summed E-state index contributed by atoms with van der Waals surface area (Å²) in [5.41, 5.74) is 8.93. The highest BCUT2D eigenvalue weighted by molar-refractivity contribution is 8.00. The van der Waals surface area contributed by atoms with E-state index in [-0.39, 0.29) is 39.3 Å². The number of benzene rings is 2. The maximum Gasteiger partial charge on any atom is 0.273 e. The first-order valence-corrected chi connectivity index (χ1v) is 12.9. The zero-order valence-corrected chi connectivity index (χ0v) is 21.7. The maximum absolute atomic E-state index is 13.2. The topological polar surface area (TPSA) is 153 Å². The standard InChI is InChI=1S/C28H25N7O2S/c1-3-17-10-12-18(13-11-17)25-20(15-29)26(31)33-28(21(25)16-30)38-22(4-2)27(37)32-23-14-24(36)35(34-23)19-8-6-5-7-9-19/h5-14,22,34H,3-4H2,1-2H3,(H2,31,33)(H,32,37). The molecule has 0 saturated heterocycles. The van der Waals surface area contributed by atoms with Crippen molar-refractivity contribution in [3.8, 4) is 29.0 Å². The third-order valence-corrected chi connectivity index (χ3v) is 7.33. The highest BCUT2D eigenvalue weighted by Gasteiger charge is 2.26. The third kappa shape index (κ3) is 5.31. The molecule has 4 rings (SSSR count). The van der Waals surface area contributed by atoms with E-state index in [4.69, 9.17) is 5.73 Å². The van der Waals surface area contributed by atoms with Crippen molar-refractivity contribution in [1.82, 2.24) is 14.8 Å². The monoisotopic (exact) mass is 523 g/mol. The molecule has 190 valence electrons. The fourth-order valence-corrected chi connectivity index (χ4v) is 5.00. The number of aromatic amines is 1. The summed E-state index contributed by atoms with van der Waals surface area (Å²) in [6.45, 7) is 3.87. The predicted molar refractivity (Wildman–Crippen MR) is 148 cm³/mol. The molecule has 4 N–H and O–H groups in total. The molecule has 0 bridgehead atoms. The van der Waals surface area contributed by atoms with E-state index in [9.17, 15) is 20.1 Å². The molecule has 0 aliphatic carbocycles. The van der Waals surface area contributed by atoms with E-state index in [0.717, 1.165) is 23.7 Å². The average molecular weight is 524 g/mol. The average Bonchev–Trinajstić information content (AvgIpc) is 3.31. The second-order valence-electron chi connectivity index (χ2n) is 8.38. The molecule has 0 saturated carbocycles. The molecule has 2 heterocycles. The number of para-hydroxylation sites is 1. The fourth-order valence-electron chi connectivity index (χ4n) is 3.98. The van der Waals surface area contributed by atoms with Crippen LogP contribution in [0.1, 0.15) is 37.0 Å². The van der Waals surface area contributed by atoms with Crippen molar-refractivity contribution < 1.29 is 4.79 Å². The Kier molecular flexibility index (Phi) is 7.95. The summed E-state index contributed by atoms with van der Waals surface area (Å²) in [4.78, 5) is 29.9. The van der Waals surface area contributed by atoms with Crippen molar-refractivity contribution >= 4 is 29.3 Å². The van der Waals surface area contributed by atoms with Gasteiger partial charge in [-0.15, -0.1) is 0 Å². The molecule has 9 nitrogen and oxygen atoms in total. The van der Waals surface area contributed by atoms with Gasteiger partial charge in [-0.25, -0.2) is 9.67 Å². The molecule has 1 atom stereocenters. The zero-order valence-electron chi connectivity index (χ0n) is 20.9. The molecule has 2 aromatic heterocycles. The van der Waals surface area contributed by atoms with Crippen molar-refractivity contribution in [2.75, 3.05) is 11.1 Å². The van der Waals surface area contributed by atoms with Crippen LogP contribution in [0.3, 0.4) is 0 Å². The van der Waals surface area contributed by atoms with Gasteiger partial charge in [-0.2, -0.15) is 10.5 Å². The number of hydrogen-bond donors (Lipinski definition) is 3. The Bertz CT molecular complexity index is 1610. The van der Waals surface area contributed by atoms with Gasteiger partial charge in [0.2, 0.25) is 5.91 Å². The lowest BCUT2D eigenvalue weighted by Gasteiger charge is -2.17. The Morgan fingerprint density at radius 2 is 1.79 bits per heavy atom. The number of thioether (sulfide) groups is 1. The summed E-state index contributed by atoms with van der Waals surface area (Å²) in [5, 5.41) is 25.1. The normalized spacial score (nSPS) is 11.4. The van der Waals surface area contributed by atoms with E-state index < -0.39 is 5.25 Å². The molecular formula is C28H25N7O2S. The quantitative estimate of drug-likeness (QED) is 0.285. The van der Waals surface area contributed by atoms with Crippen molar-refractivity contribution in [1.29, 1.82) is 10.5 Å². The molecule has 38 heavy (non-hydrogen) atoms. The van der Waals surface area contributed by atoms with Crippen molar-refractivity contribution in [2.45, 2.75) is 37.0 Å². The van der Waals surface area contributed by atoms with Crippen LogP contribution in [0.15, 0.2) is 70.5 Å². The number of amides is 1. The number of aryl methyl sites for hydroxylation is 1. The highest BCUT2D eigenvalue weighted by Crippen LogP contribution is 2.37. The second-order valence-corrected chi connectivity index (χ2v) is 9.58. The highest BCUT2D eigenvalue weighted by atomic mass is 32.2. The van der Waals surface area contributed by atoms with E-state index in [0.29, 0.717) is 23.2 Å². The van der Waals surface area contributed by atoms with Crippen LogP contribution in [0, 0.1) is 22.7 Å². The van der Waals surface area contributed by atoms with Gasteiger partial charge in [0, 0.05) is 11.6 Å². The summed E-state index contributed by atoms with van der Waals surface area (Å²) in [7, 11) is 0. The smallest absolute Gasteiger partial charge is 0.273 e. The number of nitriles is 2. The number of aromatic nitrogens is 3. The Labute approximate surface area is 223 Å². The van der Waals surface area contributed by atoms with E-state index in [1.165, 1.54) is 10.7 Å². The van der Waals surface area contributed by atoms with Crippen LogP contribution in [0.4, 0.5) is 11.6 Å². The molecule has 0 aliphatic heterocycles. The Balaban J connectivity index is 1.65. The summed E-state index contributed by atoms with van der Waals surface area (Å²) < 4.78 is 1.33. The lowest BCUT2D eigenvalue weighted by atomic mass is 9.96. The van der Waals surface area contributed by atoms with Crippen LogP contribution in [-0.4, -0.2) is 25.9 Å². The van der Waals surface area contributed by atoms with E-state index in [2.05, 4.69) is 27.5 Å². The van der Waals surface area contributed by atoms with E-state index in [1.807, 2.05) is 44.2 Å². The number of pyridine rings is 1. The van der Waals surface area contributed by atoms with E-state index in [1.54, 1.807) is 24.3 Å². The molecule has 4 aromatic rings. The molecule has 0 radical (unpaired) electrons. The Hall–Kier alpha value is -4.80. The summed E-state index contributed by atoms with van der Waals surface area (Å²) in [6.07, 6.45) is 1.26. The first-order chi connectivity index (χ1) is 18.4. The number of carbonyl (C=O) groups excluding carboxylic acids is 1. The van der Waals surface area contributed by atoms with Gasteiger partial charge >= 0.3 is 0 Å². The van der Waals surface area contributed by atoms with E-state index >= 15 is 0 Å². The fraction of sp³-hybridized carbons (Fsp3) is 0.179. The van der Waals surface area contributed by atoms with Crippen LogP contribution in [0.2, 0.25) is 0 Å². The summed E-state index contributed by atoms with van der Waals surface area (Å²) in [5.74, 6) is -0.142. The Morgan fingerprint density at radius 1 is 1.11 bits per heavy atom. The van der Waals surface area contributed by atoms with Crippen LogP contribution in [0.5, 0.6) is 0 Å². The number of nitrogens with two attached hydrogens (primary N) is 1. The van der Waals surface area contributed by atoms with Gasteiger partial charge in [0.05, 0.1) is 16.5 Å². The summed E-state index contributed by atoms with van der Waals surface area (Å²) >= 11 is 1.09. The lowest BCUT2D eigenvalue weighted by molar-refractivity contribution is -0.115. The molecule has 0 fully saturated rings. The van der Waals surface area contributed by atoms with Gasteiger partial charge in [0.25, 0.3) is 5.56 Å². The van der Waals surface area contributed by atoms with Gasteiger partial charge < -0.3 is 11.1 Å². The Morgan fingerprint density at radius 3 is 2.39 bits per heavy atom. The number of carbonyl (C=O) groups is 1. The van der Waals surface area contributed by atoms with Gasteiger partial charge in [-0.05, 0) is 36.1 Å². The number of rotatable bonds is 8. The van der Waals surface area contributed by atoms with Gasteiger partial charge in [0.1, 0.15) is 34.4 Å².